The fraction of sp³-hybridized carbons (Fsp3) is 0.381. The van der Waals surface area contributed by atoms with Gasteiger partial charge in [-0.2, -0.15) is 0 Å². The molecule has 2 heterocycles. The highest BCUT2D eigenvalue weighted by molar-refractivity contribution is 7.15. The fourth-order valence-corrected chi connectivity index (χ4v) is 4.64. The highest BCUT2D eigenvalue weighted by Gasteiger charge is 2.36. The molecule has 6 nitrogen and oxygen atoms in total. The molecule has 0 spiro atoms. The van der Waals surface area contributed by atoms with Crippen molar-refractivity contribution in [2.75, 3.05) is 5.32 Å². The van der Waals surface area contributed by atoms with E-state index < -0.39 is 5.60 Å². The Balaban J connectivity index is 1.60. The zero-order valence-electron chi connectivity index (χ0n) is 16.1. The van der Waals surface area contributed by atoms with Crippen molar-refractivity contribution in [3.8, 4) is 10.4 Å². The van der Waals surface area contributed by atoms with Crippen molar-refractivity contribution >= 4 is 23.0 Å². The van der Waals surface area contributed by atoms with E-state index in [4.69, 9.17) is 5.73 Å². The summed E-state index contributed by atoms with van der Waals surface area (Å²) in [5.74, 6) is 0.578. The molecule has 0 amide bonds. The Morgan fingerprint density at radius 2 is 1.96 bits per heavy atom. The van der Waals surface area contributed by atoms with Crippen LogP contribution in [0.1, 0.15) is 41.9 Å². The number of anilines is 2. The molecule has 0 atom stereocenters. The van der Waals surface area contributed by atoms with Crippen molar-refractivity contribution in [2.45, 2.75) is 51.2 Å². The summed E-state index contributed by atoms with van der Waals surface area (Å²) in [6.07, 6.45) is 6.61. The van der Waals surface area contributed by atoms with E-state index in [-0.39, 0.29) is 6.04 Å². The largest absolute Gasteiger partial charge is 0.383 e. The molecular formula is C21H25N5OS. The number of nitrogens with zero attached hydrogens (tertiary/aromatic N) is 3. The smallest absolute Gasteiger partial charge is 0.227 e. The molecule has 1 aromatic carbocycles. The van der Waals surface area contributed by atoms with Crippen LogP contribution >= 0.6 is 11.3 Å². The maximum atomic E-state index is 11.0. The van der Waals surface area contributed by atoms with Crippen LogP contribution in [0.2, 0.25) is 0 Å². The number of benzene rings is 1. The Labute approximate surface area is 168 Å². The molecule has 0 radical (unpaired) electrons. The molecule has 28 heavy (non-hydrogen) atoms. The Hall–Kier alpha value is -2.35. The van der Waals surface area contributed by atoms with E-state index in [2.05, 4.69) is 45.4 Å². The Morgan fingerprint density at radius 1 is 1.18 bits per heavy atom. The summed E-state index contributed by atoms with van der Waals surface area (Å²) in [6.45, 7) is 4.00. The number of rotatable bonds is 4. The molecule has 1 saturated carbocycles. The first-order valence-electron chi connectivity index (χ1n) is 9.54. The van der Waals surface area contributed by atoms with Crippen molar-refractivity contribution in [3.63, 3.8) is 0 Å². The first-order chi connectivity index (χ1) is 13.4. The molecule has 1 aliphatic carbocycles. The zero-order valence-corrected chi connectivity index (χ0v) is 17.0. The van der Waals surface area contributed by atoms with Gasteiger partial charge in [0.05, 0.1) is 4.88 Å². The standard InChI is InChI=1S/C21H25N5OS/c1-13-9-15(11-17(10-13)26-20-23-8-5-14(2)25-20)18-12-24-19(28-18)21(27)6-3-16(22)4-7-21/h5,8-12,16,27H,3-4,6-7,22H2,1-2H3,(H,23,25,26). The third-order valence-electron chi connectivity index (χ3n) is 5.17. The minimum Gasteiger partial charge on any atom is -0.383 e. The van der Waals surface area contributed by atoms with Crippen LogP contribution in [-0.4, -0.2) is 26.1 Å². The second-order valence-corrected chi connectivity index (χ2v) is 8.66. The Kier molecular flexibility index (Phi) is 5.14. The molecule has 4 rings (SSSR count). The molecular weight excluding hydrogens is 370 g/mol. The normalized spacial score (nSPS) is 22.2. The van der Waals surface area contributed by atoms with Crippen molar-refractivity contribution in [1.29, 1.82) is 0 Å². The van der Waals surface area contributed by atoms with Crippen LogP contribution in [0.4, 0.5) is 11.6 Å². The first kappa shape index (κ1) is 19.0. The van der Waals surface area contributed by atoms with Gasteiger partial charge < -0.3 is 16.2 Å². The lowest BCUT2D eigenvalue weighted by atomic mass is 9.83. The topological polar surface area (TPSA) is 97.0 Å². The second-order valence-electron chi connectivity index (χ2n) is 7.63. The molecule has 146 valence electrons. The highest BCUT2D eigenvalue weighted by atomic mass is 32.1. The van der Waals surface area contributed by atoms with Crippen molar-refractivity contribution in [3.05, 3.63) is 52.9 Å². The minimum atomic E-state index is -0.848. The van der Waals surface area contributed by atoms with Crippen molar-refractivity contribution in [1.82, 2.24) is 15.0 Å². The second kappa shape index (κ2) is 7.58. The van der Waals surface area contributed by atoms with E-state index in [1.165, 1.54) is 0 Å². The van der Waals surface area contributed by atoms with Crippen LogP contribution < -0.4 is 11.1 Å². The van der Waals surface area contributed by atoms with Gasteiger partial charge in [-0.25, -0.2) is 15.0 Å². The molecule has 1 aliphatic rings. The Morgan fingerprint density at radius 3 is 2.71 bits per heavy atom. The van der Waals surface area contributed by atoms with Crippen LogP contribution in [0, 0.1) is 13.8 Å². The predicted octanol–water partition coefficient (Wildman–Crippen LogP) is 4.05. The molecule has 0 saturated heterocycles. The lowest BCUT2D eigenvalue weighted by Gasteiger charge is -2.32. The monoisotopic (exact) mass is 395 g/mol. The van der Waals surface area contributed by atoms with Gasteiger partial charge in [0, 0.05) is 29.8 Å². The lowest BCUT2D eigenvalue weighted by molar-refractivity contribution is -0.00513. The van der Waals surface area contributed by atoms with E-state index in [1.807, 2.05) is 19.2 Å². The zero-order chi connectivity index (χ0) is 19.7. The maximum absolute atomic E-state index is 11.0. The number of nitrogens with one attached hydrogen (secondary N) is 1. The molecule has 1 fully saturated rings. The predicted molar refractivity (Wildman–Crippen MR) is 113 cm³/mol. The average Bonchev–Trinajstić information content (AvgIpc) is 3.15. The summed E-state index contributed by atoms with van der Waals surface area (Å²) in [5.41, 5.74) is 9.18. The highest BCUT2D eigenvalue weighted by Crippen LogP contribution is 2.41. The van der Waals surface area contributed by atoms with Crippen molar-refractivity contribution < 1.29 is 5.11 Å². The van der Waals surface area contributed by atoms with Gasteiger partial charge >= 0.3 is 0 Å². The number of aromatic nitrogens is 3. The number of hydrogen-bond donors (Lipinski definition) is 3. The molecule has 0 aliphatic heterocycles. The van der Waals surface area contributed by atoms with E-state index in [9.17, 15) is 5.11 Å². The van der Waals surface area contributed by atoms with E-state index >= 15 is 0 Å². The molecule has 4 N–H and O–H groups in total. The van der Waals surface area contributed by atoms with E-state index in [1.54, 1.807) is 17.5 Å². The average molecular weight is 396 g/mol. The van der Waals surface area contributed by atoms with Gasteiger partial charge in [-0.3, -0.25) is 0 Å². The van der Waals surface area contributed by atoms with E-state index in [0.717, 1.165) is 45.2 Å². The quantitative estimate of drug-likeness (QED) is 0.617. The third-order valence-corrected chi connectivity index (χ3v) is 6.41. The number of aliphatic hydroxyl groups is 1. The van der Waals surface area contributed by atoms with Crippen molar-refractivity contribution in [2.24, 2.45) is 5.73 Å². The summed E-state index contributed by atoms with van der Waals surface area (Å²) in [7, 11) is 0. The van der Waals surface area contributed by atoms with Gasteiger partial charge in [0.25, 0.3) is 0 Å². The molecule has 2 aromatic heterocycles. The molecule has 0 unspecified atom stereocenters. The van der Waals surface area contributed by atoms with Crippen LogP contribution in [0.15, 0.2) is 36.7 Å². The number of nitrogens with two attached hydrogens (primary N) is 1. The molecule has 0 bridgehead atoms. The van der Waals surface area contributed by atoms with Gasteiger partial charge in [0.15, 0.2) is 0 Å². The van der Waals surface area contributed by atoms with E-state index in [0.29, 0.717) is 18.8 Å². The lowest BCUT2D eigenvalue weighted by Crippen LogP contribution is -2.36. The Bertz CT molecular complexity index is 978. The summed E-state index contributed by atoms with van der Waals surface area (Å²) in [4.78, 5) is 14.3. The van der Waals surface area contributed by atoms with Gasteiger partial charge in [-0.05, 0) is 68.9 Å². The number of hydrogen-bond acceptors (Lipinski definition) is 7. The van der Waals surface area contributed by atoms with Crippen LogP contribution in [0.25, 0.3) is 10.4 Å². The summed E-state index contributed by atoms with van der Waals surface area (Å²) in [6, 6.07) is 8.31. The summed E-state index contributed by atoms with van der Waals surface area (Å²) >= 11 is 1.56. The minimum absolute atomic E-state index is 0.189. The SMILES string of the molecule is Cc1cc(Nc2nccc(C)n2)cc(-c2cnc(C3(O)CCC(N)CC3)s2)c1. The maximum Gasteiger partial charge on any atom is 0.227 e. The first-order valence-corrected chi connectivity index (χ1v) is 10.4. The fourth-order valence-electron chi connectivity index (χ4n) is 3.59. The van der Waals surface area contributed by atoms with Gasteiger partial charge in [-0.1, -0.05) is 6.07 Å². The van der Waals surface area contributed by atoms with Gasteiger partial charge in [-0.15, -0.1) is 11.3 Å². The van der Waals surface area contributed by atoms with Crippen LogP contribution in [-0.2, 0) is 5.60 Å². The summed E-state index contributed by atoms with van der Waals surface area (Å²) in [5, 5.41) is 15.1. The number of aryl methyl sites for hydroxylation is 2. The molecule has 7 heteroatoms. The number of thiazole rings is 1. The van der Waals surface area contributed by atoms with Crippen LogP contribution in [0.5, 0.6) is 0 Å². The summed E-state index contributed by atoms with van der Waals surface area (Å²) < 4.78 is 0. The van der Waals surface area contributed by atoms with Gasteiger partial charge in [0.2, 0.25) is 5.95 Å². The molecule has 3 aromatic rings. The van der Waals surface area contributed by atoms with Gasteiger partial charge in [0.1, 0.15) is 10.6 Å². The van der Waals surface area contributed by atoms with Crippen LogP contribution in [0.3, 0.4) is 0 Å². The third kappa shape index (κ3) is 4.06.